The summed E-state index contributed by atoms with van der Waals surface area (Å²) in [6, 6.07) is 13.8. The molecule has 2 aromatic carbocycles. The second kappa shape index (κ2) is 7.09. The van der Waals surface area contributed by atoms with E-state index < -0.39 is 0 Å². The van der Waals surface area contributed by atoms with Gasteiger partial charge in [-0.1, -0.05) is 24.3 Å². The second-order valence-corrected chi connectivity index (χ2v) is 7.63. The van der Waals surface area contributed by atoms with E-state index in [4.69, 9.17) is 0 Å². The lowest BCUT2D eigenvalue weighted by Crippen LogP contribution is -2.32. The Bertz CT molecular complexity index is 745. The number of anilines is 2. The molecule has 0 unspecified atom stereocenters. The Morgan fingerprint density at radius 3 is 2.40 bits per heavy atom. The number of hydrogen-bond acceptors (Lipinski definition) is 3. The molecule has 0 radical (unpaired) electrons. The third-order valence-electron chi connectivity index (χ3n) is 5.84. The molecule has 1 saturated heterocycles. The number of fused-ring (bicyclic) bond motifs is 1. The lowest BCUT2D eigenvalue weighted by atomic mass is 9.88. The van der Waals surface area contributed by atoms with Crippen LogP contribution in [0.1, 0.15) is 41.0 Å². The summed E-state index contributed by atoms with van der Waals surface area (Å²) in [7, 11) is 0. The summed E-state index contributed by atoms with van der Waals surface area (Å²) in [6.45, 7) is 9.91. The Morgan fingerprint density at radius 1 is 0.880 bits per heavy atom. The van der Waals surface area contributed by atoms with E-state index in [-0.39, 0.29) is 0 Å². The summed E-state index contributed by atoms with van der Waals surface area (Å²) < 4.78 is 0. The normalized spacial score (nSPS) is 18.3. The maximum absolute atomic E-state index is 3.50. The van der Waals surface area contributed by atoms with Crippen molar-refractivity contribution in [2.75, 3.05) is 36.8 Å². The summed E-state index contributed by atoms with van der Waals surface area (Å²) >= 11 is 0. The van der Waals surface area contributed by atoms with Crippen molar-refractivity contribution >= 4 is 11.4 Å². The Balaban J connectivity index is 1.36. The topological polar surface area (TPSA) is 27.3 Å². The fourth-order valence-corrected chi connectivity index (χ4v) is 4.09. The first-order valence-corrected chi connectivity index (χ1v) is 9.59. The van der Waals surface area contributed by atoms with Crippen LogP contribution in [-0.4, -0.2) is 31.1 Å². The van der Waals surface area contributed by atoms with Gasteiger partial charge in [-0.15, -0.1) is 0 Å². The van der Waals surface area contributed by atoms with Crippen LogP contribution in [0.3, 0.4) is 0 Å². The molecule has 1 fully saturated rings. The van der Waals surface area contributed by atoms with Gasteiger partial charge in [0.05, 0.1) is 11.4 Å². The first-order chi connectivity index (χ1) is 12.2. The van der Waals surface area contributed by atoms with Crippen LogP contribution in [0.25, 0.3) is 0 Å². The lowest BCUT2D eigenvalue weighted by molar-refractivity contribution is 0.204. The highest BCUT2D eigenvalue weighted by atomic mass is 15.1. The van der Waals surface area contributed by atoms with Crippen molar-refractivity contribution in [3.8, 4) is 0 Å². The molecular formula is C22H29N3. The largest absolute Gasteiger partial charge is 0.382 e. The summed E-state index contributed by atoms with van der Waals surface area (Å²) in [4.78, 5) is 2.61. The number of nitrogens with one attached hydrogen (secondary N) is 2. The Morgan fingerprint density at radius 2 is 1.64 bits per heavy atom. The average molecular weight is 335 g/mol. The fourth-order valence-electron chi connectivity index (χ4n) is 4.09. The van der Waals surface area contributed by atoms with Crippen LogP contribution in [0.4, 0.5) is 11.4 Å². The zero-order valence-electron chi connectivity index (χ0n) is 15.4. The van der Waals surface area contributed by atoms with E-state index >= 15 is 0 Å². The standard InChI is InChI=1S/C22H29N3/c1-16-3-5-20(13-17(16)2)19-7-11-25(12-8-19)15-18-4-6-21-22(14-18)24-10-9-23-21/h3-6,13-14,19,23-24H,7-12,15H2,1-2H3. The molecule has 0 atom stereocenters. The van der Waals surface area contributed by atoms with E-state index in [1.807, 2.05) is 0 Å². The van der Waals surface area contributed by atoms with Crippen molar-refractivity contribution < 1.29 is 0 Å². The molecular weight excluding hydrogens is 306 g/mol. The second-order valence-electron chi connectivity index (χ2n) is 7.63. The molecule has 0 amide bonds. The molecule has 3 heteroatoms. The molecule has 0 saturated carbocycles. The van der Waals surface area contributed by atoms with Gasteiger partial charge in [0, 0.05) is 19.6 Å². The van der Waals surface area contributed by atoms with E-state index in [1.165, 1.54) is 59.6 Å². The summed E-state index contributed by atoms with van der Waals surface area (Å²) in [5, 5.41) is 6.95. The van der Waals surface area contributed by atoms with E-state index in [0.29, 0.717) is 0 Å². The van der Waals surface area contributed by atoms with Crippen molar-refractivity contribution in [1.82, 2.24) is 4.90 Å². The Labute approximate surface area is 151 Å². The molecule has 0 spiro atoms. The van der Waals surface area contributed by atoms with Gasteiger partial charge in [0.25, 0.3) is 0 Å². The first-order valence-electron chi connectivity index (χ1n) is 9.59. The highest BCUT2D eigenvalue weighted by Crippen LogP contribution is 2.31. The molecule has 2 N–H and O–H groups in total. The van der Waals surface area contributed by atoms with E-state index in [1.54, 1.807) is 0 Å². The van der Waals surface area contributed by atoms with Gasteiger partial charge < -0.3 is 10.6 Å². The first kappa shape index (κ1) is 16.5. The lowest BCUT2D eigenvalue weighted by Gasteiger charge is -2.32. The van der Waals surface area contributed by atoms with Crippen LogP contribution in [0.15, 0.2) is 36.4 Å². The molecule has 2 aliphatic heterocycles. The number of benzene rings is 2. The van der Waals surface area contributed by atoms with Crippen LogP contribution in [0, 0.1) is 13.8 Å². The van der Waals surface area contributed by atoms with E-state index in [2.05, 4.69) is 65.8 Å². The minimum absolute atomic E-state index is 0.727. The van der Waals surface area contributed by atoms with Gasteiger partial charge in [0.1, 0.15) is 0 Å². The molecule has 4 rings (SSSR count). The highest BCUT2D eigenvalue weighted by molar-refractivity contribution is 5.71. The van der Waals surface area contributed by atoms with Crippen molar-refractivity contribution in [2.45, 2.75) is 39.2 Å². The summed E-state index contributed by atoms with van der Waals surface area (Å²) in [6.07, 6.45) is 2.54. The molecule has 2 aliphatic rings. The number of nitrogens with zero attached hydrogens (tertiary/aromatic N) is 1. The quantitative estimate of drug-likeness (QED) is 0.863. The van der Waals surface area contributed by atoms with Gasteiger partial charge >= 0.3 is 0 Å². The minimum atomic E-state index is 0.727. The van der Waals surface area contributed by atoms with Crippen molar-refractivity contribution in [3.63, 3.8) is 0 Å². The predicted molar refractivity (Wildman–Crippen MR) is 107 cm³/mol. The van der Waals surface area contributed by atoms with Crippen LogP contribution in [0.2, 0.25) is 0 Å². The fraction of sp³-hybridized carbons (Fsp3) is 0.455. The molecule has 0 aliphatic carbocycles. The maximum Gasteiger partial charge on any atom is 0.0579 e. The third kappa shape index (κ3) is 3.67. The number of likely N-dealkylation sites (tertiary alicyclic amines) is 1. The van der Waals surface area contributed by atoms with E-state index in [0.717, 1.165) is 25.6 Å². The van der Waals surface area contributed by atoms with Gasteiger partial charge in [-0.05, 0) is 80.1 Å². The van der Waals surface area contributed by atoms with Crippen molar-refractivity contribution in [2.24, 2.45) is 0 Å². The summed E-state index contributed by atoms with van der Waals surface area (Å²) in [5.74, 6) is 0.727. The van der Waals surface area contributed by atoms with E-state index in [9.17, 15) is 0 Å². The minimum Gasteiger partial charge on any atom is -0.382 e. The zero-order valence-corrected chi connectivity index (χ0v) is 15.4. The van der Waals surface area contributed by atoms with Gasteiger partial charge in [0.2, 0.25) is 0 Å². The van der Waals surface area contributed by atoms with Crippen molar-refractivity contribution in [3.05, 3.63) is 58.7 Å². The highest BCUT2D eigenvalue weighted by Gasteiger charge is 2.21. The van der Waals surface area contributed by atoms with Gasteiger partial charge in [-0.3, -0.25) is 4.90 Å². The van der Waals surface area contributed by atoms with Crippen LogP contribution >= 0.6 is 0 Å². The third-order valence-corrected chi connectivity index (χ3v) is 5.84. The summed E-state index contributed by atoms with van der Waals surface area (Å²) in [5.41, 5.74) is 8.27. The smallest absolute Gasteiger partial charge is 0.0579 e. The molecule has 0 aromatic heterocycles. The van der Waals surface area contributed by atoms with Crippen LogP contribution in [0.5, 0.6) is 0 Å². The number of hydrogen-bond donors (Lipinski definition) is 2. The van der Waals surface area contributed by atoms with Gasteiger partial charge in [-0.2, -0.15) is 0 Å². The Kier molecular flexibility index (Phi) is 4.67. The maximum atomic E-state index is 3.50. The zero-order chi connectivity index (χ0) is 17.2. The van der Waals surface area contributed by atoms with Crippen molar-refractivity contribution in [1.29, 1.82) is 0 Å². The van der Waals surface area contributed by atoms with Gasteiger partial charge in [0.15, 0.2) is 0 Å². The number of aryl methyl sites for hydroxylation is 2. The SMILES string of the molecule is Cc1ccc(C2CCN(Cc3ccc4c(c3)NCCN4)CC2)cc1C. The molecule has 2 heterocycles. The van der Waals surface area contributed by atoms with Crippen LogP contribution in [-0.2, 0) is 6.54 Å². The average Bonchev–Trinajstić information content (AvgIpc) is 2.65. The number of piperidine rings is 1. The molecule has 2 aromatic rings. The molecule has 3 nitrogen and oxygen atoms in total. The van der Waals surface area contributed by atoms with Crippen LogP contribution < -0.4 is 10.6 Å². The molecule has 132 valence electrons. The monoisotopic (exact) mass is 335 g/mol. The molecule has 25 heavy (non-hydrogen) atoms. The number of rotatable bonds is 3. The predicted octanol–water partition coefficient (Wildman–Crippen LogP) is 4.52. The van der Waals surface area contributed by atoms with Gasteiger partial charge in [-0.25, -0.2) is 0 Å². The Hall–Kier alpha value is -2.00. The molecule has 0 bridgehead atoms.